The van der Waals surface area contributed by atoms with Gasteiger partial charge in [0.15, 0.2) is 5.13 Å². The Morgan fingerprint density at radius 3 is 2.41 bits per heavy atom. The molecule has 1 amide bonds. The van der Waals surface area contributed by atoms with Crippen LogP contribution < -0.4 is 14.4 Å². The predicted molar refractivity (Wildman–Crippen MR) is 154 cm³/mol. The highest BCUT2D eigenvalue weighted by Gasteiger charge is 2.48. The number of ketones is 1. The summed E-state index contributed by atoms with van der Waals surface area (Å²) >= 11 is 1.34. The van der Waals surface area contributed by atoms with E-state index in [-0.39, 0.29) is 11.3 Å². The number of nitrogens with zero attached hydrogens (tertiary/aromatic N) is 2. The summed E-state index contributed by atoms with van der Waals surface area (Å²) in [5.74, 6) is -0.418. The molecule has 1 N–H and O–H groups in total. The number of ether oxygens (including phenoxy) is 2. The number of benzene rings is 3. The van der Waals surface area contributed by atoms with Crippen LogP contribution in [0.2, 0.25) is 0 Å². The zero-order valence-corrected chi connectivity index (χ0v) is 23.0. The molecule has 200 valence electrons. The van der Waals surface area contributed by atoms with E-state index in [4.69, 9.17) is 9.47 Å². The summed E-state index contributed by atoms with van der Waals surface area (Å²) in [6.45, 7) is 4.74. The molecule has 1 atom stereocenters. The first-order chi connectivity index (χ1) is 18.9. The summed E-state index contributed by atoms with van der Waals surface area (Å²) in [4.78, 5) is 33.0. The standard InChI is InChI=1S/C31H30N2O5S/c1-4-5-6-17-38-23-14-10-21(11-15-23)28(34)26-27(20-8-12-22(37-3)13-9-20)33(30(36)29(26)35)31-32-24-16-7-19(2)18-25(24)39-31/h7-16,18,27,34H,4-6,17H2,1-3H3/b28-26+. The van der Waals surface area contributed by atoms with E-state index < -0.39 is 17.7 Å². The molecule has 4 aromatic rings. The summed E-state index contributed by atoms with van der Waals surface area (Å²) < 4.78 is 12.0. The van der Waals surface area contributed by atoms with Gasteiger partial charge in [0, 0.05) is 5.56 Å². The number of carbonyl (C=O) groups excluding carboxylic acids is 2. The van der Waals surface area contributed by atoms with Crippen LogP contribution >= 0.6 is 11.3 Å². The van der Waals surface area contributed by atoms with Crippen LogP contribution in [0.15, 0.2) is 72.3 Å². The van der Waals surface area contributed by atoms with E-state index in [2.05, 4.69) is 11.9 Å². The third-order valence-electron chi connectivity index (χ3n) is 6.76. The maximum atomic E-state index is 13.5. The van der Waals surface area contributed by atoms with Crippen LogP contribution in [0, 0.1) is 6.92 Å². The average Bonchev–Trinajstić information content (AvgIpc) is 3.48. The molecule has 2 heterocycles. The van der Waals surface area contributed by atoms with Crippen molar-refractivity contribution in [1.82, 2.24) is 4.98 Å². The number of anilines is 1. The Hall–Kier alpha value is -4.17. The molecule has 1 unspecified atom stereocenters. The molecule has 0 spiro atoms. The quantitative estimate of drug-likeness (QED) is 0.108. The fourth-order valence-electron chi connectivity index (χ4n) is 4.66. The molecule has 0 bridgehead atoms. The van der Waals surface area contributed by atoms with Crippen molar-refractivity contribution < 1.29 is 24.2 Å². The second-order valence-corrected chi connectivity index (χ2v) is 10.5. The highest BCUT2D eigenvalue weighted by molar-refractivity contribution is 7.22. The van der Waals surface area contributed by atoms with Crippen molar-refractivity contribution >= 4 is 44.1 Å². The van der Waals surface area contributed by atoms with E-state index in [0.717, 1.165) is 35.0 Å². The first-order valence-electron chi connectivity index (χ1n) is 13.0. The molecule has 0 radical (unpaired) electrons. The number of Topliss-reactive ketones (excluding diaryl/α,β-unsaturated/α-hetero) is 1. The number of thiazole rings is 1. The Labute approximate surface area is 231 Å². The minimum absolute atomic E-state index is 0.0113. The maximum absolute atomic E-state index is 13.5. The van der Waals surface area contributed by atoms with Crippen LogP contribution in [0.5, 0.6) is 11.5 Å². The Kier molecular flexibility index (Phi) is 7.65. The van der Waals surface area contributed by atoms with E-state index in [0.29, 0.717) is 34.4 Å². The largest absolute Gasteiger partial charge is 0.507 e. The van der Waals surface area contributed by atoms with Crippen molar-refractivity contribution in [1.29, 1.82) is 0 Å². The molecular weight excluding hydrogens is 512 g/mol. The molecular formula is C31H30N2O5S. The number of fused-ring (bicyclic) bond motifs is 1. The van der Waals surface area contributed by atoms with Crippen molar-refractivity contribution in [3.63, 3.8) is 0 Å². The van der Waals surface area contributed by atoms with Crippen molar-refractivity contribution in [3.8, 4) is 11.5 Å². The number of carbonyl (C=O) groups is 2. The van der Waals surface area contributed by atoms with E-state index >= 15 is 0 Å². The van der Waals surface area contributed by atoms with Gasteiger partial charge in [0.2, 0.25) is 0 Å². The molecule has 0 aliphatic carbocycles. The lowest BCUT2D eigenvalue weighted by Crippen LogP contribution is -2.29. The van der Waals surface area contributed by atoms with Gasteiger partial charge in [0.1, 0.15) is 17.3 Å². The second-order valence-electron chi connectivity index (χ2n) is 9.49. The maximum Gasteiger partial charge on any atom is 0.301 e. The number of unbranched alkanes of at least 4 members (excludes halogenated alkanes) is 2. The summed E-state index contributed by atoms with van der Waals surface area (Å²) in [6, 6.07) is 19.0. The van der Waals surface area contributed by atoms with Gasteiger partial charge < -0.3 is 14.6 Å². The zero-order valence-electron chi connectivity index (χ0n) is 22.1. The van der Waals surface area contributed by atoms with Crippen LogP contribution in [-0.4, -0.2) is 35.5 Å². The van der Waals surface area contributed by atoms with E-state index in [9.17, 15) is 14.7 Å². The highest BCUT2D eigenvalue weighted by Crippen LogP contribution is 2.44. The average molecular weight is 543 g/mol. The van der Waals surface area contributed by atoms with E-state index in [1.54, 1.807) is 55.6 Å². The van der Waals surface area contributed by atoms with E-state index in [1.165, 1.54) is 16.2 Å². The molecule has 1 saturated heterocycles. The lowest BCUT2D eigenvalue weighted by molar-refractivity contribution is -0.132. The van der Waals surface area contributed by atoms with Crippen LogP contribution in [-0.2, 0) is 9.59 Å². The van der Waals surface area contributed by atoms with Gasteiger partial charge >= 0.3 is 5.91 Å². The van der Waals surface area contributed by atoms with Gasteiger partial charge in [0.25, 0.3) is 5.78 Å². The molecule has 39 heavy (non-hydrogen) atoms. The monoisotopic (exact) mass is 542 g/mol. The number of aliphatic hydroxyl groups excluding tert-OH is 1. The molecule has 3 aromatic carbocycles. The van der Waals surface area contributed by atoms with Crippen molar-refractivity contribution in [2.75, 3.05) is 18.6 Å². The van der Waals surface area contributed by atoms with Gasteiger partial charge in [-0.25, -0.2) is 4.98 Å². The number of aryl methyl sites for hydroxylation is 1. The van der Waals surface area contributed by atoms with Crippen LogP contribution in [0.25, 0.3) is 16.0 Å². The third kappa shape index (κ3) is 5.25. The normalized spacial score (nSPS) is 16.7. The number of aromatic nitrogens is 1. The van der Waals surface area contributed by atoms with Gasteiger partial charge in [-0.2, -0.15) is 0 Å². The number of aliphatic hydroxyl groups is 1. The molecule has 7 nitrogen and oxygen atoms in total. The van der Waals surface area contributed by atoms with Gasteiger partial charge in [-0.1, -0.05) is 49.3 Å². The SMILES string of the molecule is CCCCCOc1ccc(/C(O)=C2\C(=O)C(=O)N(c3nc4ccc(C)cc4s3)C2c2ccc(OC)cc2)cc1. The fraction of sp³-hybridized carbons (Fsp3) is 0.258. The minimum atomic E-state index is -0.859. The van der Waals surface area contributed by atoms with Crippen LogP contribution in [0.4, 0.5) is 5.13 Å². The van der Waals surface area contributed by atoms with Crippen LogP contribution in [0.3, 0.4) is 0 Å². The summed E-state index contributed by atoms with van der Waals surface area (Å²) in [5.41, 5.74) is 2.90. The Morgan fingerprint density at radius 1 is 1.00 bits per heavy atom. The van der Waals surface area contributed by atoms with E-state index in [1.807, 2.05) is 25.1 Å². The topological polar surface area (TPSA) is 89.0 Å². The Balaban J connectivity index is 1.57. The third-order valence-corrected chi connectivity index (χ3v) is 7.78. The lowest BCUT2D eigenvalue weighted by atomic mass is 9.95. The molecule has 1 aliphatic rings. The molecule has 1 fully saturated rings. The van der Waals surface area contributed by atoms with Gasteiger partial charge in [-0.05, 0) is 73.0 Å². The van der Waals surface area contributed by atoms with Crippen LogP contribution in [0.1, 0.15) is 48.9 Å². The van der Waals surface area contributed by atoms with Gasteiger partial charge in [0.05, 0.1) is 35.5 Å². The number of hydrogen-bond donors (Lipinski definition) is 1. The number of hydrogen-bond acceptors (Lipinski definition) is 7. The lowest BCUT2D eigenvalue weighted by Gasteiger charge is -2.23. The van der Waals surface area contributed by atoms with Crippen molar-refractivity contribution in [3.05, 3.63) is 89.0 Å². The minimum Gasteiger partial charge on any atom is -0.507 e. The smallest absolute Gasteiger partial charge is 0.301 e. The van der Waals surface area contributed by atoms with Gasteiger partial charge in [-0.3, -0.25) is 14.5 Å². The Bertz CT molecular complexity index is 1540. The second kappa shape index (κ2) is 11.3. The number of rotatable bonds is 9. The molecule has 8 heteroatoms. The summed E-state index contributed by atoms with van der Waals surface area (Å²) in [6.07, 6.45) is 3.17. The summed E-state index contributed by atoms with van der Waals surface area (Å²) in [5, 5.41) is 11.8. The molecule has 0 saturated carbocycles. The zero-order chi connectivity index (χ0) is 27.5. The first-order valence-corrected chi connectivity index (χ1v) is 13.8. The predicted octanol–water partition coefficient (Wildman–Crippen LogP) is 6.81. The Morgan fingerprint density at radius 2 is 1.72 bits per heavy atom. The van der Waals surface area contributed by atoms with Crippen molar-refractivity contribution in [2.24, 2.45) is 0 Å². The molecule has 1 aliphatic heterocycles. The molecule has 5 rings (SSSR count). The van der Waals surface area contributed by atoms with Crippen molar-refractivity contribution in [2.45, 2.75) is 39.2 Å². The highest BCUT2D eigenvalue weighted by atomic mass is 32.1. The summed E-state index contributed by atoms with van der Waals surface area (Å²) in [7, 11) is 1.57. The molecule has 1 aromatic heterocycles. The first kappa shape index (κ1) is 26.4. The number of amides is 1. The fourth-order valence-corrected chi connectivity index (χ4v) is 5.75. The van der Waals surface area contributed by atoms with Gasteiger partial charge in [-0.15, -0.1) is 0 Å². The number of methoxy groups -OCH3 is 1.